The van der Waals surface area contributed by atoms with Crippen molar-refractivity contribution in [1.82, 2.24) is 5.32 Å². The van der Waals surface area contributed by atoms with E-state index in [-0.39, 0.29) is 0 Å². The monoisotopic (exact) mass is 411 g/mol. The van der Waals surface area contributed by atoms with Gasteiger partial charge in [0.15, 0.2) is 0 Å². The van der Waals surface area contributed by atoms with Gasteiger partial charge < -0.3 is 9.47 Å². The van der Waals surface area contributed by atoms with Crippen molar-refractivity contribution in [2.75, 3.05) is 13.7 Å². The van der Waals surface area contributed by atoms with Crippen LogP contribution in [-0.2, 0) is 11.3 Å². The first-order chi connectivity index (χ1) is 15.3. The smallest absolute Gasteiger partial charge is 0.129 e. The van der Waals surface area contributed by atoms with Gasteiger partial charge in [0.05, 0.1) is 25.1 Å². The molecule has 3 aromatic rings. The maximum absolute atomic E-state index is 5.83. The van der Waals surface area contributed by atoms with Crippen LogP contribution in [0.4, 0.5) is 0 Å². The summed E-state index contributed by atoms with van der Waals surface area (Å²) < 4.78 is 11.1. The molecule has 1 radical (unpaired) electrons. The molecule has 4 heteroatoms. The number of aliphatic imine (C=N–C) groups is 1. The van der Waals surface area contributed by atoms with Gasteiger partial charge in [0.2, 0.25) is 0 Å². The zero-order chi connectivity index (χ0) is 21.3. The molecule has 0 saturated heterocycles. The van der Waals surface area contributed by atoms with Gasteiger partial charge in [-0.2, -0.15) is 0 Å². The van der Waals surface area contributed by atoms with Crippen LogP contribution in [0.5, 0.6) is 5.75 Å². The number of hydrogen-bond donors (Lipinski definition) is 0. The summed E-state index contributed by atoms with van der Waals surface area (Å²) in [6, 6.07) is 28.5. The Kier molecular flexibility index (Phi) is 7.14. The molecule has 0 bridgehead atoms. The maximum Gasteiger partial charge on any atom is 0.129 e. The number of methoxy groups -OCH3 is 1. The zero-order valence-electron chi connectivity index (χ0n) is 17.8. The predicted molar refractivity (Wildman–Crippen MR) is 126 cm³/mol. The molecule has 0 atom stereocenters. The van der Waals surface area contributed by atoms with E-state index in [4.69, 9.17) is 19.8 Å². The standard InChI is InChI=1S/C27H27N2O2/c1-30-24-16-10-11-21(19-24)20-31-18-9-8-17-25-28-26(22-12-4-2-5-13-22)27(29-25)23-14-6-3-7-15-23/h2-7,10-16,19H,8-9,17-18,20H2,1H3. The molecule has 0 N–H and O–H groups in total. The molecule has 0 unspecified atom stereocenters. The van der Waals surface area contributed by atoms with Crippen LogP contribution in [0.25, 0.3) is 11.4 Å². The van der Waals surface area contributed by atoms with Gasteiger partial charge in [-0.15, -0.1) is 0 Å². The molecule has 157 valence electrons. The van der Waals surface area contributed by atoms with Gasteiger partial charge in [-0.25, -0.2) is 10.3 Å². The maximum atomic E-state index is 5.83. The van der Waals surface area contributed by atoms with Crippen molar-refractivity contribution in [3.8, 4) is 5.75 Å². The summed E-state index contributed by atoms with van der Waals surface area (Å²) in [7, 11) is 1.68. The minimum atomic E-state index is 0.598. The van der Waals surface area contributed by atoms with Crippen LogP contribution in [0.3, 0.4) is 0 Å². The topological polar surface area (TPSA) is 44.9 Å². The molecule has 1 aliphatic heterocycles. The van der Waals surface area contributed by atoms with Crippen LogP contribution in [0.15, 0.2) is 89.9 Å². The number of unbranched alkanes of at least 4 members (excludes halogenated alkanes) is 1. The third-order valence-electron chi connectivity index (χ3n) is 5.14. The Hall–Kier alpha value is -3.37. The summed E-state index contributed by atoms with van der Waals surface area (Å²) in [6.45, 7) is 1.31. The Balaban J connectivity index is 1.29. The molecule has 4 rings (SSSR count). The minimum Gasteiger partial charge on any atom is -0.497 e. The molecule has 1 heterocycles. The average Bonchev–Trinajstić information content (AvgIpc) is 3.27. The van der Waals surface area contributed by atoms with Crippen molar-refractivity contribution >= 4 is 17.2 Å². The Morgan fingerprint density at radius 3 is 2.16 bits per heavy atom. The van der Waals surface area contributed by atoms with Gasteiger partial charge in [0.1, 0.15) is 11.6 Å². The molecular formula is C27H27N2O2. The second-order valence-electron chi connectivity index (χ2n) is 7.43. The predicted octanol–water partition coefficient (Wildman–Crippen LogP) is 5.92. The van der Waals surface area contributed by atoms with Crippen LogP contribution in [0.1, 0.15) is 36.0 Å². The van der Waals surface area contributed by atoms with Gasteiger partial charge in [-0.3, -0.25) is 0 Å². The molecule has 1 aliphatic rings. The van der Waals surface area contributed by atoms with E-state index in [1.54, 1.807) is 7.11 Å². The van der Waals surface area contributed by atoms with Gasteiger partial charge in [-0.1, -0.05) is 72.8 Å². The van der Waals surface area contributed by atoms with Crippen molar-refractivity contribution in [2.45, 2.75) is 25.9 Å². The van der Waals surface area contributed by atoms with Crippen LogP contribution >= 0.6 is 0 Å². The second kappa shape index (κ2) is 10.6. The van der Waals surface area contributed by atoms with Crippen molar-refractivity contribution in [1.29, 1.82) is 0 Å². The van der Waals surface area contributed by atoms with Crippen molar-refractivity contribution in [2.24, 2.45) is 4.99 Å². The molecule has 0 aromatic heterocycles. The molecule has 31 heavy (non-hydrogen) atoms. The fourth-order valence-corrected chi connectivity index (χ4v) is 3.53. The molecule has 3 aromatic carbocycles. The summed E-state index contributed by atoms with van der Waals surface area (Å²) in [5.74, 6) is 1.75. The van der Waals surface area contributed by atoms with Gasteiger partial charge in [0, 0.05) is 24.2 Å². The normalized spacial score (nSPS) is 13.1. The van der Waals surface area contributed by atoms with E-state index >= 15 is 0 Å². The molecule has 0 fully saturated rings. The van der Waals surface area contributed by atoms with E-state index in [0.29, 0.717) is 6.61 Å². The number of ether oxygens (including phenoxy) is 2. The summed E-state index contributed by atoms with van der Waals surface area (Å²) >= 11 is 0. The third kappa shape index (κ3) is 5.62. The number of nitrogens with zero attached hydrogens (tertiary/aromatic N) is 2. The van der Waals surface area contributed by atoms with E-state index in [9.17, 15) is 0 Å². The minimum absolute atomic E-state index is 0.598. The lowest BCUT2D eigenvalue weighted by Gasteiger charge is -2.07. The van der Waals surface area contributed by atoms with Crippen molar-refractivity contribution in [3.63, 3.8) is 0 Å². The van der Waals surface area contributed by atoms with E-state index in [1.807, 2.05) is 54.6 Å². The van der Waals surface area contributed by atoms with E-state index in [2.05, 4.69) is 30.3 Å². The fraction of sp³-hybridized carbons (Fsp3) is 0.222. The van der Waals surface area contributed by atoms with Crippen LogP contribution < -0.4 is 10.1 Å². The number of amidine groups is 1. The Morgan fingerprint density at radius 1 is 0.742 bits per heavy atom. The highest BCUT2D eigenvalue weighted by Gasteiger charge is 2.21. The molecule has 0 aliphatic carbocycles. The first-order valence-electron chi connectivity index (χ1n) is 10.7. The van der Waals surface area contributed by atoms with Crippen LogP contribution in [0.2, 0.25) is 0 Å². The van der Waals surface area contributed by atoms with E-state index < -0.39 is 0 Å². The lowest BCUT2D eigenvalue weighted by atomic mass is 10.1. The quantitative estimate of drug-likeness (QED) is 0.389. The first-order valence-corrected chi connectivity index (χ1v) is 10.7. The van der Waals surface area contributed by atoms with Crippen LogP contribution in [-0.4, -0.2) is 19.6 Å². The summed E-state index contributed by atoms with van der Waals surface area (Å²) in [5.41, 5.74) is 5.23. The fourth-order valence-electron chi connectivity index (χ4n) is 3.53. The largest absolute Gasteiger partial charge is 0.497 e. The van der Waals surface area contributed by atoms with Crippen LogP contribution in [0, 0.1) is 0 Å². The lowest BCUT2D eigenvalue weighted by molar-refractivity contribution is 0.117. The zero-order valence-corrected chi connectivity index (χ0v) is 17.8. The Labute approximate surface area is 184 Å². The average molecular weight is 412 g/mol. The van der Waals surface area contributed by atoms with Crippen molar-refractivity contribution < 1.29 is 9.47 Å². The van der Waals surface area contributed by atoms with Gasteiger partial charge in [0.25, 0.3) is 0 Å². The van der Waals surface area contributed by atoms with E-state index in [0.717, 1.165) is 65.5 Å². The highest BCUT2D eigenvalue weighted by atomic mass is 16.5. The lowest BCUT2D eigenvalue weighted by Crippen LogP contribution is -2.10. The second-order valence-corrected chi connectivity index (χ2v) is 7.43. The highest BCUT2D eigenvalue weighted by molar-refractivity contribution is 6.07. The molecule has 0 amide bonds. The number of benzene rings is 3. The SMILES string of the molecule is COc1cccc(COCCCCC2=NC(c3ccccc3)=C(c3ccccc3)[N]2)c1. The van der Waals surface area contributed by atoms with Crippen molar-refractivity contribution in [3.05, 3.63) is 102 Å². The first kappa shape index (κ1) is 20.9. The van der Waals surface area contributed by atoms with Gasteiger partial charge >= 0.3 is 0 Å². The molecule has 4 nitrogen and oxygen atoms in total. The Morgan fingerprint density at radius 2 is 1.45 bits per heavy atom. The molecular weight excluding hydrogens is 384 g/mol. The van der Waals surface area contributed by atoms with E-state index in [1.165, 1.54) is 0 Å². The Bertz CT molecular complexity index is 1040. The number of hydrogen-bond acceptors (Lipinski definition) is 3. The number of rotatable bonds is 10. The highest BCUT2D eigenvalue weighted by Crippen LogP contribution is 2.31. The molecule has 0 spiro atoms. The van der Waals surface area contributed by atoms with Gasteiger partial charge in [-0.05, 0) is 30.5 Å². The third-order valence-corrected chi connectivity index (χ3v) is 5.14. The molecule has 0 saturated carbocycles. The summed E-state index contributed by atoms with van der Waals surface area (Å²) in [5, 5.41) is 4.88. The summed E-state index contributed by atoms with van der Waals surface area (Å²) in [4.78, 5) is 4.88. The summed E-state index contributed by atoms with van der Waals surface area (Å²) in [6.07, 6.45) is 2.81.